The minimum atomic E-state index is -4.51. The number of aromatic nitrogens is 1. The van der Waals surface area contributed by atoms with Gasteiger partial charge in [0.15, 0.2) is 0 Å². The molecule has 1 saturated carbocycles. The van der Waals surface area contributed by atoms with Crippen molar-refractivity contribution < 1.29 is 17.9 Å². The molecule has 1 aliphatic rings. The van der Waals surface area contributed by atoms with Crippen LogP contribution in [-0.2, 0) is 6.18 Å². The van der Waals surface area contributed by atoms with E-state index in [2.05, 4.69) is 4.98 Å². The fourth-order valence-electron chi connectivity index (χ4n) is 1.52. The van der Waals surface area contributed by atoms with Crippen molar-refractivity contribution in [1.29, 1.82) is 0 Å². The third-order valence-electron chi connectivity index (χ3n) is 2.75. The van der Waals surface area contributed by atoms with Crippen molar-refractivity contribution in [2.45, 2.75) is 31.5 Å². The van der Waals surface area contributed by atoms with Crippen LogP contribution in [0, 0.1) is 0 Å². The van der Waals surface area contributed by atoms with Crippen LogP contribution in [0.1, 0.15) is 30.5 Å². The molecule has 2 rings (SSSR count). The van der Waals surface area contributed by atoms with Gasteiger partial charge in [0.2, 0.25) is 5.88 Å². The summed E-state index contributed by atoms with van der Waals surface area (Å²) in [6, 6.07) is 2.05. The van der Waals surface area contributed by atoms with Gasteiger partial charge >= 0.3 is 6.18 Å². The van der Waals surface area contributed by atoms with E-state index in [1.807, 2.05) is 0 Å². The molecule has 0 spiro atoms. The summed E-state index contributed by atoms with van der Waals surface area (Å²) in [5, 5.41) is 0. The number of pyridine rings is 1. The second-order valence-electron chi connectivity index (χ2n) is 4.08. The maximum Gasteiger partial charge on any atom is 0.433 e. The first kappa shape index (κ1) is 13.1. The summed E-state index contributed by atoms with van der Waals surface area (Å²) >= 11 is 4.77. The summed E-state index contributed by atoms with van der Waals surface area (Å²) in [6.07, 6.45) is -1.96. The van der Waals surface area contributed by atoms with Crippen molar-refractivity contribution in [2.24, 2.45) is 5.73 Å². The molecule has 1 aliphatic carbocycles. The van der Waals surface area contributed by atoms with Crippen LogP contribution in [0.4, 0.5) is 13.2 Å². The molecular formula is C11H11F3N2OS. The number of nitrogens with two attached hydrogens (primary N) is 1. The van der Waals surface area contributed by atoms with Crippen LogP contribution in [-0.4, -0.2) is 16.1 Å². The van der Waals surface area contributed by atoms with Gasteiger partial charge in [-0.3, -0.25) is 0 Å². The van der Waals surface area contributed by atoms with Crippen molar-refractivity contribution in [3.05, 3.63) is 23.4 Å². The van der Waals surface area contributed by atoms with E-state index in [1.54, 1.807) is 0 Å². The van der Waals surface area contributed by atoms with Gasteiger partial charge in [-0.2, -0.15) is 13.2 Å². The Morgan fingerprint density at radius 2 is 2.06 bits per heavy atom. The largest absolute Gasteiger partial charge is 0.474 e. The number of alkyl halides is 3. The zero-order valence-electron chi connectivity index (χ0n) is 9.33. The predicted molar refractivity (Wildman–Crippen MR) is 63.4 cm³/mol. The molecule has 0 radical (unpaired) electrons. The van der Waals surface area contributed by atoms with Gasteiger partial charge in [-0.25, -0.2) is 4.98 Å². The molecule has 1 fully saturated rings. The van der Waals surface area contributed by atoms with Crippen LogP contribution < -0.4 is 10.5 Å². The lowest BCUT2D eigenvalue weighted by molar-refractivity contribution is -0.141. The Hall–Kier alpha value is -1.37. The highest BCUT2D eigenvalue weighted by Gasteiger charge is 2.34. The maximum absolute atomic E-state index is 12.6. The highest BCUT2D eigenvalue weighted by atomic mass is 32.1. The fraction of sp³-hybridized carbons (Fsp3) is 0.455. The first-order valence-electron chi connectivity index (χ1n) is 5.42. The Morgan fingerprint density at radius 1 is 1.39 bits per heavy atom. The molecule has 3 nitrogen and oxygen atoms in total. The third kappa shape index (κ3) is 2.72. The van der Waals surface area contributed by atoms with Gasteiger partial charge in [0.1, 0.15) is 16.8 Å². The molecule has 0 amide bonds. The number of thiocarbonyl (C=S) groups is 1. The monoisotopic (exact) mass is 276 g/mol. The Kier molecular flexibility index (Phi) is 3.43. The molecule has 0 saturated heterocycles. The van der Waals surface area contributed by atoms with Gasteiger partial charge in [0.25, 0.3) is 0 Å². The third-order valence-corrected chi connectivity index (χ3v) is 2.97. The summed E-state index contributed by atoms with van der Waals surface area (Å²) in [4.78, 5) is 3.45. The van der Waals surface area contributed by atoms with Crippen molar-refractivity contribution >= 4 is 17.2 Å². The van der Waals surface area contributed by atoms with Crippen LogP contribution in [0.2, 0.25) is 0 Å². The van der Waals surface area contributed by atoms with Crippen LogP contribution in [0.15, 0.2) is 12.1 Å². The Bertz CT molecular complexity index is 472. The Balaban J connectivity index is 2.34. The van der Waals surface area contributed by atoms with Crippen LogP contribution >= 0.6 is 12.2 Å². The molecule has 1 heterocycles. The van der Waals surface area contributed by atoms with Crippen LogP contribution in [0.3, 0.4) is 0 Å². The quantitative estimate of drug-likeness (QED) is 0.862. The van der Waals surface area contributed by atoms with Crippen LogP contribution in [0.25, 0.3) is 0 Å². The van der Waals surface area contributed by atoms with E-state index < -0.39 is 11.9 Å². The normalized spacial score (nSPS) is 16.2. The highest BCUT2D eigenvalue weighted by Crippen LogP contribution is 2.32. The van der Waals surface area contributed by atoms with E-state index in [-0.39, 0.29) is 22.5 Å². The van der Waals surface area contributed by atoms with E-state index in [0.717, 1.165) is 25.3 Å². The topological polar surface area (TPSA) is 48.1 Å². The van der Waals surface area contributed by atoms with Gasteiger partial charge in [-0.15, -0.1) is 0 Å². The number of nitrogens with zero attached hydrogens (tertiary/aromatic N) is 1. The summed E-state index contributed by atoms with van der Waals surface area (Å²) in [5.41, 5.74) is 4.68. The van der Waals surface area contributed by atoms with E-state index in [1.165, 1.54) is 6.07 Å². The average molecular weight is 276 g/mol. The molecular weight excluding hydrogens is 265 g/mol. The molecule has 18 heavy (non-hydrogen) atoms. The van der Waals surface area contributed by atoms with Crippen molar-refractivity contribution in [3.63, 3.8) is 0 Å². The predicted octanol–water partition coefficient (Wildman–Crippen LogP) is 2.67. The van der Waals surface area contributed by atoms with E-state index in [0.29, 0.717) is 0 Å². The lowest BCUT2D eigenvalue weighted by Gasteiger charge is -2.26. The molecule has 0 aliphatic heterocycles. The fourth-order valence-corrected chi connectivity index (χ4v) is 1.68. The van der Waals surface area contributed by atoms with Crippen molar-refractivity contribution in [2.75, 3.05) is 0 Å². The number of rotatable bonds is 3. The summed E-state index contributed by atoms with van der Waals surface area (Å²) in [5.74, 6) is -0.123. The van der Waals surface area contributed by atoms with E-state index in [4.69, 9.17) is 22.7 Å². The summed E-state index contributed by atoms with van der Waals surface area (Å²) in [6.45, 7) is 0. The zero-order valence-corrected chi connectivity index (χ0v) is 10.1. The smallest absolute Gasteiger partial charge is 0.433 e. The van der Waals surface area contributed by atoms with Crippen LogP contribution in [0.5, 0.6) is 5.88 Å². The van der Waals surface area contributed by atoms with Crippen molar-refractivity contribution in [1.82, 2.24) is 4.98 Å². The molecule has 7 heteroatoms. The van der Waals surface area contributed by atoms with Gasteiger partial charge in [0.05, 0.1) is 5.56 Å². The minimum absolute atomic E-state index is 0.0226. The lowest BCUT2D eigenvalue weighted by atomic mass is 9.96. The Morgan fingerprint density at radius 3 is 2.50 bits per heavy atom. The second kappa shape index (κ2) is 4.72. The molecule has 0 aromatic carbocycles. The van der Waals surface area contributed by atoms with E-state index in [9.17, 15) is 13.2 Å². The molecule has 0 atom stereocenters. The molecule has 0 bridgehead atoms. The second-order valence-corrected chi connectivity index (χ2v) is 4.52. The van der Waals surface area contributed by atoms with Gasteiger partial charge in [-0.05, 0) is 31.4 Å². The number of ether oxygens (including phenoxy) is 1. The van der Waals surface area contributed by atoms with Gasteiger partial charge in [-0.1, -0.05) is 12.2 Å². The van der Waals surface area contributed by atoms with Crippen molar-refractivity contribution in [3.8, 4) is 5.88 Å². The Labute approximate surface area is 107 Å². The van der Waals surface area contributed by atoms with Gasteiger partial charge in [0, 0.05) is 0 Å². The number of hydrogen-bond donors (Lipinski definition) is 1. The van der Waals surface area contributed by atoms with E-state index >= 15 is 0 Å². The highest BCUT2D eigenvalue weighted by molar-refractivity contribution is 7.80. The SMILES string of the molecule is NC(=S)c1ccc(C(F)(F)F)nc1OC1CCC1. The zero-order chi connectivity index (χ0) is 13.3. The first-order valence-corrected chi connectivity index (χ1v) is 5.83. The summed E-state index contributed by atoms with van der Waals surface area (Å²) < 4.78 is 43.1. The molecule has 1 aromatic rings. The minimum Gasteiger partial charge on any atom is -0.474 e. The summed E-state index contributed by atoms with van der Waals surface area (Å²) in [7, 11) is 0. The molecule has 1 aromatic heterocycles. The molecule has 2 N–H and O–H groups in total. The molecule has 0 unspecified atom stereocenters. The van der Waals surface area contributed by atoms with Gasteiger partial charge < -0.3 is 10.5 Å². The lowest BCUT2D eigenvalue weighted by Crippen LogP contribution is -2.27. The molecule has 98 valence electrons. The first-order chi connectivity index (χ1) is 8.38. The number of hydrogen-bond acceptors (Lipinski definition) is 3. The standard InChI is InChI=1S/C11H11F3N2OS/c12-11(13,14)8-5-4-7(9(15)18)10(16-8)17-6-2-1-3-6/h4-6H,1-3H2,(H2,15,18). The average Bonchev–Trinajstić information content (AvgIpc) is 2.21. The number of halogens is 3. The maximum atomic E-state index is 12.6.